The lowest BCUT2D eigenvalue weighted by Gasteiger charge is -2.16. The number of thiocarbonyl (C=S) groups is 1. The summed E-state index contributed by atoms with van der Waals surface area (Å²) < 4.78 is 29.6. The van der Waals surface area contributed by atoms with Crippen molar-refractivity contribution in [1.82, 2.24) is 0 Å². The van der Waals surface area contributed by atoms with E-state index in [1.807, 2.05) is 37.3 Å². The number of hydrogen-bond acceptors (Lipinski definition) is 3. The molecular weight excluding hydrogens is 494 g/mol. The van der Waals surface area contributed by atoms with Gasteiger partial charge in [0.15, 0.2) is 5.11 Å². The first-order valence-electron chi connectivity index (χ1n) is 9.71. The summed E-state index contributed by atoms with van der Waals surface area (Å²) in [5.41, 5.74) is 3.75. The molecule has 0 bridgehead atoms. The lowest BCUT2D eigenvalue weighted by molar-refractivity contribution is 0.601. The summed E-state index contributed by atoms with van der Waals surface area (Å²) in [7, 11) is -3.83. The molecule has 0 spiro atoms. The third kappa shape index (κ3) is 6.29. The molecule has 0 saturated heterocycles. The molecule has 0 amide bonds. The van der Waals surface area contributed by atoms with Crippen molar-refractivity contribution in [3.8, 4) is 0 Å². The van der Waals surface area contributed by atoms with Gasteiger partial charge >= 0.3 is 0 Å². The van der Waals surface area contributed by atoms with Crippen LogP contribution in [0.15, 0.2) is 76.1 Å². The number of anilines is 3. The second-order valence-corrected chi connectivity index (χ2v) is 10.4. The van der Waals surface area contributed by atoms with Crippen LogP contribution >= 0.6 is 28.1 Å². The summed E-state index contributed by atoms with van der Waals surface area (Å²) in [6, 6.07) is 20.1. The van der Waals surface area contributed by atoms with Crippen molar-refractivity contribution in [1.29, 1.82) is 0 Å². The number of halogens is 1. The molecule has 8 heteroatoms. The monoisotopic (exact) mass is 517 g/mol. The summed E-state index contributed by atoms with van der Waals surface area (Å²) in [6.07, 6.45) is 0. The zero-order valence-corrected chi connectivity index (χ0v) is 20.7. The Hall–Kier alpha value is -2.42. The number of aryl methyl sites for hydroxylation is 1. The van der Waals surface area contributed by atoms with Crippen molar-refractivity contribution in [2.24, 2.45) is 0 Å². The van der Waals surface area contributed by atoms with E-state index in [2.05, 4.69) is 45.1 Å². The smallest absolute Gasteiger partial charge is 0.263 e. The minimum Gasteiger partial charge on any atom is -0.332 e. The summed E-state index contributed by atoms with van der Waals surface area (Å²) >= 11 is 8.77. The van der Waals surface area contributed by atoms with E-state index in [1.54, 1.807) is 36.4 Å². The fourth-order valence-electron chi connectivity index (χ4n) is 2.92. The van der Waals surface area contributed by atoms with Gasteiger partial charge in [-0.1, -0.05) is 48.0 Å². The van der Waals surface area contributed by atoms with E-state index < -0.39 is 10.0 Å². The van der Waals surface area contributed by atoms with Gasteiger partial charge in [-0.05, 0) is 84.7 Å². The molecule has 3 aromatic rings. The molecule has 5 nitrogen and oxygen atoms in total. The van der Waals surface area contributed by atoms with Crippen LogP contribution in [0.2, 0.25) is 0 Å². The molecule has 3 aromatic carbocycles. The molecule has 0 aliphatic rings. The number of rotatable bonds is 6. The fourth-order valence-corrected chi connectivity index (χ4v) is 4.72. The third-order valence-corrected chi connectivity index (χ3v) is 6.76. The van der Waals surface area contributed by atoms with Gasteiger partial charge in [-0.3, -0.25) is 4.72 Å². The molecule has 0 aliphatic heterocycles. The van der Waals surface area contributed by atoms with Crippen LogP contribution in [0.25, 0.3) is 0 Å². The molecular formula is C23H24BrN3O2S2. The number of nitrogens with one attached hydrogen (secondary N) is 3. The Morgan fingerprint density at radius 2 is 1.52 bits per heavy atom. The minimum atomic E-state index is -3.83. The summed E-state index contributed by atoms with van der Waals surface area (Å²) in [4.78, 5) is 0.120. The van der Waals surface area contributed by atoms with Crippen molar-refractivity contribution < 1.29 is 8.42 Å². The van der Waals surface area contributed by atoms with Gasteiger partial charge in [-0.25, -0.2) is 8.42 Å². The van der Waals surface area contributed by atoms with E-state index in [0.717, 1.165) is 15.7 Å². The van der Waals surface area contributed by atoms with Crippen LogP contribution in [0.4, 0.5) is 17.1 Å². The van der Waals surface area contributed by atoms with Gasteiger partial charge in [-0.15, -0.1) is 0 Å². The largest absolute Gasteiger partial charge is 0.332 e. The van der Waals surface area contributed by atoms with E-state index in [0.29, 0.717) is 22.4 Å². The number of benzene rings is 3. The minimum absolute atomic E-state index is 0.120. The van der Waals surface area contributed by atoms with Gasteiger partial charge in [0, 0.05) is 15.8 Å². The molecule has 3 N–H and O–H groups in total. The molecule has 0 fully saturated rings. The standard InChI is InChI=1S/C23H24BrN3O2S2/c1-15(2)17-5-9-19(10-6-17)25-23(30)26-21-13-4-16(3)14-22(21)31(28,29)27-20-11-7-18(24)8-12-20/h4-15,27H,1-3H3,(H2,25,26,30). The number of sulfonamides is 1. The van der Waals surface area contributed by atoms with Crippen molar-refractivity contribution >= 4 is 60.3 Å². The number of hydrogen-bond donors (Lipinski definition) is 3. The second kappa shape index (κ2) is 9.80. The predicted molar refractivity (Wildman–Crippen MR) is 137 cm³/mol. The third-order valence-electron chi connectivity index (χ3n) is 4.61. The molecule has 0 atom stereocenters. The van der Waals surface area contributed by atoms with Gasteiger partial charge in [0.25, 0.3) is 10.0 Å². The molecule has 0 aromatic heterocycles. The Kier molecular flexibility index (Phi) is 7.35. The molecule has 31 heavy (non-hydrogen) atoms. The zero-order chi connectivity index (χ0) is 22.6. The van der Waals surface area contributed by atoms with Crippen LogP contribution in [-0.4, -0.2) is 13.5 Å². The van der Waals surface area contributed by atoms with E-state index in [-0.39, 0.29) is 4.90 Å². The molecule has 0 aliphatic carbocycles. The van der Waals surface area contributed by atoms with Crippen LogP contribution < -0.4 is 15.4 Å². The molecule has 0 heterocycles. The van der Waals surface area contributed by atoms with Crippen molar-refractivity contribution in [3.05, 3.63) is 82.3 Å². The second-order valence-electron chi connectivity index (χ2n) is 7.47. The van der Waals surface area contributed by atoms with Crippen LogP contribution in [0.3, 0.4) is 0 Å². The van der Waals surface area contributed by atoms with E-state index in [4.69, 9.17) is 12.2 Å². The van der Waals surface area contributed by atoms with E-state index in [9.17, 15) is 8.42 Å². The SMILES string of the molecule is Cc1ccc(NC(=S)Nc2ccc(C(C)C)cc2)c(S(=O)(=O)Nc2ccc(Br)cc2)c1. The van der Waals surface area contributed by atoms with Crippen molar-refractivity contribution in [3.63, 3.8) is 0 Å². The first-order chi connectivity index (χ1) is 14.6. The Bertz CT molecular complexity index is 1180. The molecule has 162 valence electrons. The quantitative estimate of drug-likeness (QED) is 0.326. The summed E-state index contributed by atoms with van der Waals surface area (Å²) in [5.74, 6) is 0.442. The Morgan fingerprint density at radius 3 is 2.13 bits per heavy atom. The molecule has 3 rings (SSSR count). The lowest BCUT2D eigenvalue weighted by atomic mass is 10.0. The maximum Gasteiger partial charge on any atom is 0.263 e. The molecule has 0 radical (unpaired) electrons. The average Bonchev–Trinajstić information content (AvgIpc) is 2.71. The maximum atomic E-state index is 13.1. The maximum absolute atomic E-state index is 13.1. The highest BCUT2D eigenvalue weighted by atomic mass is 79.9. The van der Waals surface area contributed by atoms with Gasteiger partial charge in [0.2, 0.25) is 0 Å². The Morgan fingerprint density at radius 1 is 0.903 bits per heavy atom. The average molecular weight is 519 g/mol. The fraction of sp³-hybridized carbons (Fsp3) is 0.174. The van der Waals surface area contributed by atoms with Crippen LogP contribution in [-0.2, 0) is 10.0 Å². The first kappa shape index (κ1) is 23.2. The van der Waals surface area contributed by atoms with Crippen molar-refractivity contribution in [2.45, 2.75) is 31.6 Å². The van der Waals surface area contributed by atoms with E-state index >= 15 is 0 Å². The Labute approximate surface area is 197 Å². The summed E-state index contributed by atoms with van der Waals surface area (Å²) in [6.45, 7) is 6.11. The predicted octanol–water partition coefficient (Wildman–Crippen LogP) is 6.49. The highest BCUT2D eigenvalue weighted by molar-refractivity contribution is 9.10. The van der Waals surface area contributed by atoms with Gasteiger partial charge in [0.05, 0.1) is 5.69 Å². The highest BCUT2D eigenvalue weighted by Crippen LogP contribution is 2.26. The van der Waals surface area contributed by atoms with Crippen LogP contribution in [0.5, 0.6) is 0 Å². The van der Waals surface area contributed by atoms with Crippen LogP contribution in [0, 0.1) is 6.92 Å². The molecule has 0 saturated carbocycles. The summed E-state index contributed by atoms with van der Waals surface area (Å²) in [5, 5.41) is 6.43. The van der Waals surface area contributed by atoms with Gasteiger partial charge in [0.1, 0.15) is 4.90 Å². The van der Waals surface area contributed by atoms with E-state index in [1.165, 1.54) is 5.56 Å². The highest BCUT2D eigenvalue weighted by Gasteiger charge is 2.20. The van der Waals surface area contributed by atoms with Crippen LogP contribution in [0.1, 0.15) is 30.9 Å². The Balaban J connectivity index is 1.80. The van der Waals surface area contributed by atoms with Gasteiger partial charge in [-0.2, -0.15) is 0 Å². The van der Waals surface area contributed by atoms with Gasteiger partial charge < -0.3 is 10.6 Å². The molecule has 0 unspecified atom stereocenters. The topological polar surface area (TPSA) is 70.2 Å². The zero-order valence-electron chi connectivity index (χ0n) is 17.4. The normalized spacial score (nSPS) is 11.3. The first-order valence-corrected chi connectivity index (χ1v) is 12.4. The van der Waals surface area contributed by atoms with Crippen molar-refractivity contribution in [2.75, 3.05) is 15.4 Å². The lowest BCUT2D eigenvalue weighted by Crippen LogP contribution is -2.22.